The van der Waals surface area contributed by atoms with E-state index in [0.717, 1.165) is 0 Å². The van der Waals surface area contributed by atoms with Crippen molar-refractivity contribution in [2.24, 2.45) is 5.92 Å². The fourth-order valence-electron chi connectivity index (χ4n) is 1.31. The summed E-state index contributed by atoms with van der Waals surface area (Å²) in [4.78, 5) is 22.7. The van der Waals surface area contributed by atoms with Crippen LogP contribution < -0.4 is 0 Å². The molecular weight excluding hydrogens is 240 g/mol. The molecule has 1 fully saturated rings. The van der Waals surface area contributed by atoms with Crippen molar-refractivity contribution in [3.05, 3.63) is 0 Å². The molecule has 0 saturated carbocycles. The van der Waals surface area contributed by atoms with Gasteiger partial charge in [-0.05, 0) is 5.92 Å². The molecule has 0 amide bonds. The highest BCUT2D eigenvalue weighted by atomic mass is 16.7. The van der Waals surface area contributed by atoms with E-state index >= 15 is 0 Å². The minimum absolute atomic E-state index is 0.0213. The Bertz CT molecular complexity index is 270. The normalized spacial score (nSPS) is 16.6. The van der Waals surface area contributed by atoms with Gasteiger partial charge in [0.1, 0.15) is 12.9 Å². The van der Waals surface area contributed by atoms with Gasteiger partial charge in [-0.2, -0.15) is 0 Å². The number of rotatable bonds is 6. The van der Waals surface area contributed by atoms with Gasteiger partial charge in [0.2, 0.25) is 0 Å². The summed E-state index contributed by atoms with van der Waals surface area (Å²) >= 11 is 0. The van der Waals surface area contributed by atoms with Crippen molar-refractivity contribution in [2.45, 2.75) is 32.8 Å². The van der Waals surface area contributed by atoms with Gasteiger partial charge in [-0.15, -0.1) is 0 Å². The molecule has 6 heteroatoms. The molecule has 6 nitrogen and oxygen atoms in total. The SMILES string of the molecule is CC(C)COC(=O)CCC(=O)OC1COCOC1. The van der Waals surface area contributed by atoms with E-state index in [-0.39, 0.29) is 37.6 Å². The van der Waals surface area contributed by atoms with E-state index in [1.54, 1.807) is 0 Å². The van der Waals surface area contributed by atoms with E-state index in [1.807, 2.05) is 13.8 Å². The van der Waals surface area contributed by atoms with Crippen molar-refractivity contribution in [1.82, 2.24) is 0 Å². The predicted molar refractivity (Wildman–Crippen MR) is 61.7 cm³/mol. The minimum Gasteiger partial charge on any atom is -0.465 e. The van der Waals surface area contributed by atoms with Crippen LogP contribution in [0.2, 0.25) is 0 Å². The number of hydrogen-bond donors (Lipinski definition) is 0. The summed E-state index contributed by atoms with van der Waals surface area (Å²) in [6, 6.07) is 0. The van der Waals surface area contributed by atoms with Gasteiger partial charge in [-0.1, -0.05) is 13.8 Å². The van der Waals surface area contributed by atoms with Crippen molar-refractivity contribution in [2.75, 3.05) is 26.6 Å². The van der Waals surface area contributed by atoms with Gasteiger partial charge in [0, 0.05) is 0 Å². The van der Waals surface area contributed by atoms with Crippen LogP contribution in [0.4, 0.5) is 0 Å². The quantitative estimate of drug-likeness (QED) is 0.660. The van der Waals surface area contributed by atoms with Gasteiger partial charge < -0.3 is 18.9 Å². The molecule has 0 radical (unpaired) electrons. The third-order valence-electron chi connectivity index (χ3n) is 2.18. The molecular formula is C12H20O6. The summed E-state index contributed by atoms with van der Waals surface area (Å²) < 4.78 is 20.0. The van der Waals surface area contributed by atoms with Crippen LogP contribution in [-0.4, -0.2) is 44.7 Å². The molecule has 1 aliphatic rings. The van der Waals surface area contributed by atoms with Crippen LogP contribution in [0.3, 0.4) is 0 Å². The number of esters is 2. The summed E-state index contributed by atoms with van der Waals surface area (Å²) in [7, 11) is 0. The summed E-state index contributed by atoms with van der Waals surface area (Å²) in [6.07, 6.45) is -0.314. The Balaban J connectivity index is 2.10. The van der Waals surface area contributed by atoms with Crippen molar-refractivity contribution in [3.63, 3.8) is 0 Å². The first kappa shape index (κ1) is 14.9. The molecule has 0 bridgehead atoms. The van der Waals surface area contributed by atoms with Crippen molar-refractivity contribution < 1.29 is 28.5 Å². The lowest BCUT2D eigenvalue weighted by atomic mass is 10.2. The topological polar surface area (TPSA) is 71.1 Å². The first-order valence-corrected chi connectivity index (χ1v) is 6.08. The molecule has 0 aromatic rings. The molecule has 1 saturated heterocycles. The number of hydrogen-bond acceptors (Lipinski definition) is 6. The predicted octanol–water partition coefficient (Wildman–Crippen LogP) is 0.882. The maximum atomic E-state index is 11.4. The molecule has 1 aliphatic heterocycles. The third-order valence-corrected chi connectivity index (χ3v) is 2.18. The number of ether oxygens (including phenoxy) is 4. The van der Waals surface area contributed by atoms with Crippen LogP contribution in [-0.2, 0) is 28.5 Å². The Morgan fingerprint density at radius 2 is 1.78 bits per heavy atom. The van der Waals surface area contributed by atoms with E-state index in [9.17, 15) is 9.59 Å². The van der Waals surface area contributed by atoms with Gasteiger partial charge in [0.25, 0.3) is 0 Å². The molecule has 0 aliphatic carbocycles. The van der Waals surface area contributed by atoms with Crippen LogP contribution in [0.5, 0.6) is 0 Å². The molecule has 1 rings (SSSR count). The Kier molecular flexibility index (Phi) is 6.67. The Labute approximate surface area is 107 Å². The average Bonchev–Trinajstić information content (AvgIpc) is 2.35. The fourth-order valence-corrected chi connectivity index (χ4v) is 1.31. The maximum Gasteiger partial charge on any atom is 0.306 e. The fraction of sp³-hybridized carbons (Fsp3) is 0.833. The zero-order chi connectivity index (χ0) is 13.4. The van der Waals surface area contributed by atoms with Crippen LogP contribution in [0.25, 0.3) is 0 Å². The zero-order valence-corrected chi connectivity index (χ0v) is 10.8. The lowest BCUT2D eigenvalue weighted by molar-refractivity contribution is -0.183. The van der Waals surface area contributed by atoms with Crippen LogP contribution in [0, 0.1) is 5.92 Å². The zero-order valence-electron chi connectivity index (χ0n) is 10.8. The molecule has 18 heavy (non-hydrogen) atoms. The molecule has 0 aromatic heterocycles. The molecule has 0 N–H and O–H groups in total. The lowest BCUT2D eigenvalue weighted by Crippen LogP contribution is -2.33. The van der Waals surface area contributed by atoms with Crippen molar-refractivity contribution in [1.29, 1.82) is 0 Å². The van der Waals surface area contributed by atoms with E-state index in [4.69, 9.17) is 18.9 Å². The number of carbonyl (C=O) groups is 2. The van der Waals surface area contributed by atoms with Gasteiger partial charge in [-0.3, -0.25) is 9.59 Å². The Morgan fingerprint density at radius 3 is 2.39 bits per heavy atom. The first-order valence-electron chi connectivity index (χ1n) is 6.08. The average molecular weight is 260 g/mol. The molecule has 0 spiro atoms. The van der Waals surface area contributed by atoms with Gasteiger partial charge >= 0.3 is 11.9 Å². The largest absolute Gasteiger partial charge is 0.465 e. The monoisotopic (exact) mass is 260 g/mol. The second-order valence-corrected chi connectivity index (χ2v) is 4.55. The summed E-state index contributed by atoms with van der Waals surface area (Å²) in [6.45, 7) is 5.18. The van der Waals surface area contributed by atoms with E-state index in [0.29, 0.717) is 19.8 Å². The van der Waals surface area contributed by atoms with Gasteiger partial charge in [0.15, 0.2) is 0 Å². The molecule has 0 unspecified atom stereocenters. The van der Waals surface area contributed by atoms with Crippen LogP contribution in [0.1, 0.15) is 26.7 Å². The van der Waals surface area contributed by atoms with Crippen LogP contribution in [0.15, 0.2) is 0 Å². The summed E-state index contributed by atoms with van der Waals surface area (Å²) in [5, 5.41) is 0. The lowest BCUT2D eigenvalue weighted by Gasteiger charge is -2.22. The van der Waals surface area contributed by atoms with Gasteiger partial charge in [-0.25, -0.2) is 0 Å². The first-order chi connectivity index (χ1) is 8.58. The van der Waals surface area contributed by atoms with Gasteiger partial charge in [0.05, 0.1) is 32.7 Å². The van der Waals surface area contributed by atoms with E-state index in [2.05, 4.69) is 0 Å². The standard InChI is InChI=1S/C12H20O6/c1-9(2)5-17-11(13)3-4-12(14)18-10-6-15-8-16-7-10/h9-10H,3-8H2,1-2H3. The van der Waals surface area contributed by atoms with E-state index in [1.165, 1.54) is 0 Å². The van der Waals surface area contributed by atoms with E-state index < -0.39 is 5.97 Å². The molecule has 104 valence electrons. The second kappa shape index (κ2) is 8.05. The maximum absolute atomic E-state index is 11.4. The minimum atomic E-state index is -0.435. The Morgan fingerprint density at radius 1 is 1.17 bits per heavy atom. The smallest absolute Gasteiger partial charge is 0.306 e. The highest BCUT2D eigenvalue weighted by molar-refractivity contribution is 5.77. The van der Waals surface area contributed by atoms with Crippen molar-refractivity contribution in [3.8, 4) is 0 Å². The highest BCUT2D eigenvalue weighted by Gasteiger charge is 2.19. The number of carbonyl (C=O) groups excluding carboxylic acids is 2. The van der Waals surface area contributed by atoms with Crippen LogP contribution >= 0.6 is 0 Å². The second-order valence-electron chi connectivity index (χ2n) is 4.55. The Hall–Kier alpha value is -1.14. The summed E-state index contributed by atoms with van der Waals surface area (Å²) in [5.74, 6) is -0.523. The molecule has 1 heterocycles. The third kappa shape index (κ3) is 6.56. The molecule has 0 atom stereocenters. The van der Waals surface area contributed by atoms with Crippen molar-refractivity contribution >= 4 is 11.9 Å². The summed E-state index contributed by atoms with van der Waals surface area (Å²) in [5.41, 5.74) is 0. The highest BCUT2D eigenvalue weighted by Crippen LogP contribution is 2.05. The molecule has 0 aromatic carbocycles.